The van der Waals surface area contributed by atoms with Gasteiger partial charge in [-0.05, 0) is 43.5 Å². The predicted molar refractivity (Wildman–Crippen MR) is 122 cm³/mol. The number of hydrogen-bond donors (Lipinski definition) is 2. The van der Waals surface area contributed by atoms with Crippen molar-refractivity contribution < 1.29 is 4.52 Å². The molecule has 6 nitrogen and oxygen atoms in total. The average Bonchev–Trinajstić information content (AvgIpc) is 3.00. The minimum atomic E-state index is 0.671. The second kappa shape index (κ2) is 11.7. The molecule has 0 unspecified atom stereocenters. The van der Waals surface area contributed by atoms with Crippen LogP contribution in [0.2, 0.25) is 0 Å². The summed E-state index contributed by atoms with van der Waals surface area (Å²) in [5, 5.41) is 11.0. The van der Waals surface area contributed by atoms with Gasteiger partial charge in [-0.15, -0.1) is 0 Å². The predicted octanol–water partition coefficient (Wildman–Crippen LogP) is 4.04. The molecule has 0 amide bonds. The molecule has 1 saturated heterocycles. The second-order valence-corrected chi connectivity index (χ2v) is 8.03. The third-order valence-corrected chi connectivity index (χ3v) is 5.82. The third-order valence-electron chi connectivity index (χ3n) is 5.82. The summed E-state index contributed by atoms with van der Waals surface area (Å²) in [5.74, 6) is 1.74. The topological polar surface area (TPSA) is 65.7 Å². The van der Waals surface area contributed by atoms with Crippen LogP contribution in [0.25, 0.3) is 0 Å². The third kappa shape index (κ3) is 6.33. The molecule has 0 spiro atoms. The van der Waals surface area contributed by atoms with Gasteiger partial charge in [0.15, 0.2) is 5.96 Å². The Morgan fingerprint density at radius 2 is 1.77 bits per heavy atom. The van der Waals surface area contributed by atoms with Gasteiger partial charge in [0.1, 0.15) is 5.76 Å². The Morgan fingerprint density at radius 1 is 1.03 bits per heavy atom. The van der Waals surface area contributed by atoms with Crippen LogP contribution in [0, 0.1) is 0 Å². The number of benzene rings is 1. The number of aliphatic imine (C=N–C) groups is 1. The van der Waals surface area contributed by atoms with Crippen LogP contribution in [0.5, 0.6) is 0 Å². The molecule has 1 fully saturated rings. The number of rotatable bonds is 8. The van der Waals surface area contributed by atoms with E-state index in [0.717, 1.165) is 48.9 Å². The van der Waals surface area contributed by atoms with Gasteiger partial charge in [-0.3, -0.25) is 9.89 Å². The van der Waals surface area contributed by atoms with Crippen LogP contribution >= 0.6 is 0 Å². The van der Waals surface area contributed by atoms with Gasteiger partial charge in [0.25, 0.3) is 0 Å². The van der Waals surface area contributed by atoms with Gasteiger partial charge in [0.05, 0.1) is 5.69 Å². The molecule has 2 N–H and O–H groups in total. The Morgan fingerprint density at radius 3 is 2.47 bits per heavy atom. The standard InChI is InChI=1S/C24H37N5O/c1-4-22-21(23(5-2)30-28-22)17-27-24(25-3)26-16-19-11-10-12-20(15-19)18-29-13-8-6-7-9-14-29/h10-12,15H,4-9,13-14,16-18H2,1-3H3,(H2,25,26,27). The lowest BCUT2D eigenvalue weighted by Gasteiger charge is -2.20. The molecule has 3 rings (SSSR count). The maximum absolute atomic E-state index is 5.46. The summed E-state index contributed by atoms with van der Waals surface area (Å²) >= 11 is 0. The first-order chi connectivity index (χ1) is 14.7. The Bertz CT molecular complexity index is 784. The molecule has 0 radical (unpaired) electrons. The van der Waals surface area contributed by atoms with Crippen LogP contribution < -0.4 is 10.6 Å². The van der Waals surface area contributed by atoms with E-state index in [-0.39, 0.29) is 0 Å². The lowest BCUT2D eigenvalue weighted by atomic mass is 10.1. The van der Waals surface area contributed by atoms with Crippen molar-refractivity contribution in [3.8, 4) is 0 Å². The van der Waals surface area contributed by atoms with Gasteiger partial charge in [-0.2, -0.15) is 0 Å². The van der Waals surface area contributed by atoms with Gasteiger partial charge >= 0.3 is 0 Å². The molecule has 0 aliphatic carbocycles. The molecule has 6 heteroatoms. The fourth-order valence-corrected chi connectivity index (χ4v) is 4.11. The normalized spacial score (nSPS) is 15.8. The highest BCUT2D eigenvalue weighted by atomic mass is 16.5. The van der Waals surface area contributed by atoms with Gasteiger partial charge in [0.2, 0.25) is 0 Å². The van der Waals surface area contributed by atoms with E-state index < -0.39 is 0 Å². The van der Waals surface area contributed by atoms with Crippen LogP contribution in [0.3, 0.4) is 0 Å². The minimum Gasteiger partial charge on any atom is -0.361 e. The molecule has 1 aromatic carbocycles. The van der Waals surface area contributed by atoms with E-state index in [1.54, 1.807) is 7.05 Å². The highest BCUT2D eigenvalue weighted by Gasteiger charge is 2.14. The molecule has 164 valence electrons. The first-order valence-corrected chi connectivity index (χ1v) is 11.4. The average molecular weight is 412 g/mol. The van der Waals surface area contributed by atoms with Gasteiger partial charge < -0.3 is 15.2 Å². The molecule has 0 saturated carbocycles. The number of aromatic nitrogens is 1. The summed E-state index contributed by atoms with van der Waals surface area (Å²) in [6, 6.07) is 8.90. The van der Waals surface area contributed by atoms with Crippen molar-refractivity contribution in [2.24, 2.45) is 4.99 Å². The Hall–Kier alpha value is -2.34. The molecule has 0 bridgehead atoms. The van der Waals surface area contributed by atoms with Gasteiger partial charge in [-0.1, -0.05) is 56.1 Å². The van der Waals surface area contributed by atoms with Crippen molar-refractivity contribution in [3.05, 3.63) is 52.4 Å². The zero-order valence-corrected chi connectivity index (χ0v) is 18.8. The van der Waals surface area contributed by atoms with Crippen LogP contribution in [-0.4, -0.2) is 36.2 Å². The summed E-state index contributed by atoms with van der Waals surface area (Å²) in [4.78, 5) is 6.97. The van der Waals surface area contributed by atoms with Crippen LogP contribution in [0.15, 0.2) is 33.8 Å². The first kappa shape index (κ1) is 22.3. The van der Waals surface area contributed by atoms with E-state index in [4.69, 9.17) is 4.52 Å². The maximum Gasteiger partial charge on any atom is 0.191 e. The monoisotopic (exact) mass is 411 g/mol. The van der Waals surface area contributed by atoms with Crippen molar-refractivity contribution in [2.75, 3.05) is 20.1 Å². The number of likely N-dealkylation sites (tertiary alicyclic amines) is 1. The number of nitrogens with one attached hydrogen (secondary N) is 2. The quantitative estimate of drug-likeness (QED) is 0.507. The van der Waals surface area contributed by atoms with E-state index >= 15 is 0 Å². The molecule has 1 aliphatic heterocycles. The Labute approximate surface area is 181 Å². The summed E-state index contributed by atoms with van der Waals surface area (Å²) in [6.07, 6.45) is 7.13. The van der Waals surface area contributed by atoms with Crippen molar-refractivity contribution in [2.45, 2.75) is 72.0 Å². The summed E-state index contributed by atoms with van der Waals surface area (Å²) in [7, 11) is 1.81. The van der Waals surface area contributed by atoms with E-state index in [1.165, 1.54) is 49.9 Å². The molecular formula is C24H37N5O. The maximum atomic E-state index is 5.46. The number of nitrogens with zero attached hydrogens (tertiary/aromatic N) is 3. The molecular weight excluding hydrogens is 374 g/mol. The lowest BCUT2D eigenvalue weighted by Crippen LogP contribution is -2.36. The molecule has 1 aliphatic rings. The number of hydrogen-bond acceptors (Lipinski definition) is 4. The van der Waals surface area contributed by atoms with Gasteiger partial charge in [0, 0.05) is 38.7 Å². The van der Waals surface area contributed by atoms with Crippen molar-refractivity contribution in [3.63, 3.8) is 0 Å². The highest BCUT2D eigenvalue weighted by molar-refractivity contribution is 5.79. The Balaban J connectivity index is 1.53. The fraction of sp³-hybridized carbons (Fsp3) is 0.583. The van der Waals surface area contributed by atoms with E-state index in [0.29, 0.717) is 6.54 Å². The zero-order chi connectivity index (χ0) is 21.2. The van der Waals surface area contributed by atoms with Crippen LogP contribution in [0.1, 0.15) is 67.7 Å². The zero-order valence-electron chi connectivity index (χ0n) is 18.8. The number of aryl methyl sites for hydroxylation is 2. The molecule has 2 aromatic rings. The van der Waals surface area contributed by atoms with E-state index in [2.05, 4.69) is 63.8 Å². The van der Waals surface area contributed by atoms with Crippen molar-refractivity contribution in [1.29, 1.82) is 0 Å². The summed E-state index contributed by atoms with van der Waals surface area (Å²) < 4.78 is 5.46. The second-order valence-electron chi connectivity index (χ2n) is 8.03. The minimum absolute atomic E-state index is 0.671. The first-order valence-electron chi connectivity index (χ1n) is 11.4. The van der Waals surface area contributed by atoms with Crippen molar-refractivity contribution >= 4 is 5.96 Å². The molecule has 0 atom stereocenters. The molecule has 1 aromatic heterocycles. The smallest absolute Gasteiger partial charge is 0.191 e. The lowest BCUT2D eigenvalue weighted by molar-refractivity contribution is 0.277. The molecule has 2 heterocycles. The van der Waals surface area contributed by atoms with E-state index in [1.807, 2.05) is 0 Å². The largest absolute Gasteiger partial charge is 0.361 e. The molecule has 30 heavy (non-hydrogen) atoms. The SMILES string of the molecule is CCc1noc(CC)c1CNC(=NC)NCc1cccc(CN2CCCCCC2)c1. The highest BCUT2D eigenvalue weighted by Crippen LogP contribution is 2.16. The van der Waals surface area contributed by atoms with Gasteiger partial charge in [-0.25, -0.2) is 0 Å². The summed E-state index contributed by atoms with van der Waals surface area (Å²) in [5.41, 5.74) is 4.85. The van der Waals surface area contributed by atoms with Crippen molar-refractivity contribution in [1.82, 2.24) is 20.7 Å². The Kier molecular flexibility index (Phi) is 8.75. The van der Waals surface area contributed by atoms with Crippen LogP contribution in [-0.2, 0) is 32.5 Å². The van der Waals surface area contributed by atoms with E-state index in [9.17, 15) is 0 Å². The summed E-state index contributed by atoms with van der Waals surface area (Å²) in [6.45, 7) is 9.11. The number of guanidine groups is 1. The fourth-order valence-electron chi connectivity index (χ4n) is 4.11. The van der Waals surface area contributed by atoms with Crippen LogP contribution in [0.4, 0.5) is 0 Å².